The Morgan fingerprint density at radius 3 is 2.79 bits per heavy atom. The fraction of sp³-hybridized carbons (Fsp3) is 0.600. The lowest BCUT2D eigenvalue weighted by molar-refractivity contribution is 0.331. The quantitative estimate of drug-likeness (QED) is 0.907. The van der Waals surface area contributed by atoms with E-state index in [-0.39, 0.29) is 5.82 Å². The molecule has 1 N–H and O–H groups in total. The van der Waals surface area contributed by atoms with Crippen LogP contribution in [-0.4, -0.2) is 25.2 Å². The molecule has 0 radical (unpaired) electrons. The Morgan fingerprint density at radius 1 is 1.47 bits per heavy atom. The Morgan fingerprint density at radius 2 is 2.21 bits per heavy atom. The monoisotopic (exact) mass is 328 g/mol. The highest BCUT2D eigenvalue weighted by molar-refractivity contribution is 9.10. The number of benzene rings is 1. The van der Waals surface area contributed by atoms with Crippen LogP contribution in [0.3, 0.4) is 0 Å². The van der Waals surface area contributed by atoms with Gasteiger partial charge in [0.05, 0.1) is 5.69 Å². The van der Waals surface area contributed by atoms with Crippen molar-refractivity contribution in [1.82, 2.24) is 5.32 Å². The number of hydrogen-bond donors (Lipinski definition) is 1. The first kappa shape index (κ1) is 14.8. The fourth-order valence-electron chi connectivity index (χ4n) is 2.70. The number of nitrogens with one attached hydrogen (secondary N) is 1. The molecule has 0 amide bonds. The van der Waals surface area contributed by atoms with Crippen molar-refractivity contribution in [2.45, 2.75) is 39.3 Å². The molecule has 2 rings (SSSR count). The second-order valence-corrected chi connectivity index (χ2v) is 6.49. The Labute approximate surface area is 123 Å². The molecule has 1 aromatic carbocycles. The van der Waals surface area contributed by atoms with Crippen molar-refractivity contribution in [3.05, 3.63) is 28.5 Å². The van der Waals surface area contributed by atoms with Crippen LogP contribution in [0.4, 0.5) is 10.1 Å². The summed E-state index contributed by atoms with van der Waals surface area (Å²) in [7, 11) is 0. The Hall–Kier alpha value is -0.610. The van der Waals surface area contributed by atoms with Gasteiger partial charge in [0.15, 0.2) is 0 Å². The molecule has 1 fully saturated rings. The predicted octanol–water partition coefficient (Wildman–Crippen LogP) is 3.80. The van der Waals surface area contributed by atoms with Crippen LogP contribution in [-0.2, 0) is 0 Å². The largest absolute Gasteiger partial charge is 0.363 e. The molecule has 2 nitrogen and oxygen atoms in total. The lowest BCUT2D eigenvalue weighted by Gasteiger charge is -2.44. The lowest BCUT2D eigenvalue weighted by Crippen LogP contribution is -2.58. The van der Waals surface area contributed by atoms with Crippen LogP contribution in [0.5, 0.6) is 0 Å². The minimum atomic E-state index is -0.142. The average molecular weight is 329 g/mol. The molecule has 4 heteroatoms. The molecule has 2 unspecified atom stereocenters. The average Bonchev–Trinajstić information content (AvgIpc) is 2.38. The van der Waals surface area contributed by atoms with E-state index in [4.69, 9.17) is 0 Å². The Kier molecular flexibility index (Phi) is 4.85. The van der Waals surface area contributed by atoms with Gasteiger partial charge in [-0.25, -0.2) is 4.39 Å². The van der Waals surface area contributed by atoms with Crippen LogP contribution in [0.15, 0.2) is 22.7 Å². The molecule has 0 bridgehead atoms. The molecule has 1 saturated heterocycles. The van der Waals surface area contributed by atoms with Gasteiger partial charge in [-0.2, -0.15) is 0 Å². The summed E-state index contributed by atoms with van der Waals surface area (Å²) in [4.78, 5) is 2.23. The molecule has 1 aliphatic rings. The van der Waals surface area contributed by atoms with E-state index >= 15 is 0 Å². The number of nitrogens with zero attached hydrogens (tertiary/aromatic N) is 1. The normalized spacial score (nSPS) is 24.0. The maximum absolute atomic E-state index is 14.2. The van der Waals surface area contributed by atoms with E-state index in [1.54, 1.807) is 6.07 Å². The van der Waals surface area contributed by atoms with Gasteiger partial charge in [-0.15, -0.1) is 0 Å². The van der Waals surface area contributed by atoms with Crippen LogP contribution >= 0.6 is 15.9 Å². The van der Waals surface area contributed by atoms with E-state index in [9.17, 15) is 4.39 Å². The van der Waals surface area contributed by atoms with Gasteiger partial charge >= 0.3 is 0 Å². The molecular weight excluding hydrogens is 307 g/mol. The summed E-state index contributed by atoms with van der Waals surface area (Å²) >= 11 is 3.32. The number of anilines is 1. The van der Waals surface area contributed by atoms with E-state index in [0.717, 1.165) is 29.7 Å². The second kappa shape index (κ2) is 6.23. The summed E-state index contributed by atoms with van der Waals surface area (Å²) in [5, 5.41) is 3.56. The number of piperazine rings is 1. The van der Waals surface area contributed by atoms with E-state index in [2.05, 4.69) is 46.9 Å². The molecule has 0 spiro atoms. The molecule has 1 heterocycles. The number of halogens is 2. The first-order chi connectivity index (χ1) is 9.02. The van der Waals surface area contributed by atoms with Crippen LogP contribution in [0.2, 0.25) is 0 Å². The summed E-state index contributed by atoms with van der Waals surface area (Å²) in [5.74, 6) is 0.352. The van der Waals surface area contributed by atoms with Crippen molar-refractivity contribution >= 4 is 21.6 Å². The molecule has 1 aromatic rings. The summed E-state index contributed by atoms with van der Waals surface area (Å²) in [6.45, 7) is 8.36. The van der Waals surface area contributed by atoms with E-state index < -0.39 is 0 Å². The standard InChI is InChI=1S/C15H22BrFN2/c1-4-12-9-19(15(8-18-12)10(2)3)14-6-5-11(16)7-13(14)17/h5-7,10,12,15,18H,4,8-9H2,1-3H3. The van der Waals surface area contributed by atoms with Crippen LogP contribution < -0.4 is 10.2 Å². The Bertz CT molecular complexity index is 436. The molecule has 0 aromatic heterocycles. The zero-order valence-corrected chi connectivity index (χ0v) is 13.4. The second-order valence-electron chi connectivity index (χ2n) is 5.57. The SMILES string of the molecule is CCC1CN(c2ccc(Br)cc2F)C(C(C)C)CN1. The van der Waals surface area contributed by atoms with E-state index in [0.29, 0.717) is 18.0 Å². The smallest absolute Gasteiger partial charge is 0.147 e. The van der Waals surface area contributed by atoms with Gasteiger partial charge in [-0.05, 0) is 30.5 Å². The van der Waals surface area contributed by atoms with Crippen LogP contribution in [0, 0.1) is 11.7 Å². The highest BCUT2D eigenvalue weighted by Crippen LogP contribution is 2.28. The van der Waals surface area contributed by atoms with Gasteiger partial charge < -0.3 is 10.2 Å². The van der Waals surface area contributed by atoms with Crippen molar-refractivity contribution in [3.63, 3.8) is 0 Å². The third kappa shape index (κ3) is 3.29. The summed E-state index contributed by atoms with van der Waals surface area (Å²) in [6.07, 6.45) is 1.07. The molecule has 2 atom stereocenters. The highest BCUT2D eigenvalue weighted by Gasteiger charge is 2.30. The maximum Gasteiger partial charge on any atom is 0.147 e. The Balaban J connectivity index is 2.30. The molecule has 106 valence electrons. The lowest BCUT2D eigenvalue weighted by atomic mass is 9.97. The van der Waals surface area contributed by atoms with E-state index in [1.165, 1.54) is 0 Å². The maximum atomic E-state index is 14.2. The van der Waals surface area contributed by atoms with Crippen molar-refractivity contribution < 1.29 is 4.39 Å². The zero-order valence-electron chi connectivity index (χ0n) is 11.8. The fourth-order valence-corrected chi connectivity index (χ4v) is 3.03. The molecular formula is C15H22BrFN2. The van der Waals surface area contributed by atoms with Crippen molar-refractivity contribution in [1.29, 1.82) is 0 Å². The minimum Gasteiger partial charge on any atom is -0.363 e. The van der Waals surface area contributed by atoms with Gasteiger partial charge in [0.2, 0.25) is 0 Å². The minimum absolute atomic E-state index is 0.142. The molecule has 19 heavy (non-hydrogen) atoms. The molecule has 0 aliphatic carbocycles. The first-order valence-corrected chi connectivity index (χ1v) is 7.77. The first-order valence-electron chi connectivity index (χ1n) is 6.98. The van der Waals surface area contributed by atoms with Crippen molar-refractivity contribution in [2.24, 2.45) is 5.92 Å². The zero-order chi connectivity index (χ0) is 14.0. The summed E-state index contributed by atoms with van der Waals surface area (Å²) < 4.78 is 15.0. The van der Waals surface area contributed by atoms with Crippen molar-refractivity contribution in [2.75, 3.05) is 18.0 Å². The molecule has 0 saturated carbocycles. The summed E-state index contributed by atoms with van der Waals surface area (Å²) in [6, 6.07) is 6.14. The molecule has 1 aliphatic heterocycles. The number of hydrogen-bond acceptors (Lipinski definition) is 2. The van der Waals surface area contributed by atoms with Crippen LogP contribution in [0.1, 0.15) is 27.2 Å². The van der Waals surface area contributed by atoms with Gasteiger partial charge in [0.25, 0.3) is 0 Å². The van der Waals surface area contributed by atoms with Crippen molar-refractivity contribution in [3.8, 4) is 0 Å². The van der Waals surface area contributed by atoms with Gasteiger partial charge in [0.1, 0.15) is 5.82 Å². The summed E-state index contributed by atoms with van der Waals surface area (Å²) in [5.41, 5.74) is 0.724. The van der Waals surface area contributed by atoms with E-state index in [1.807, 2.05) is 12.1 Å². The van der Waals surface area contributed by atoms with Gasteiger partial charge in [-0.3, -0.25) is 0 Å². The third-order valence-electron chi connectivity index (χ3n) is 3.91. The van der Waals surface area contributed by atoms with Gasteiger partial charge in [0, 0.05) is 29.6 Å². The topological polar surface area (TPSA) is 15.3 Å². The van der Waals surface area contributed by atoms with Crippen LogP contribution in [0.25, 0.3) is 0 Å². The van der Waals surface area contributed by atoms with Gasteiger partial charge in [-0.1, -0.05) is 36.7 Å². The third-order valence-corrected chi connectivity index (χ3v) is 4.41. The predicted molar refractivity (Wildman–Crippen MR) is 82.2 cm³/mol. The number of rotatable bonds is 3. The highest BCUT2D eigenvalue weighted by atomic mass is 79.9.